The molecule has 1 fully saturated rings. The summed E-state index contributed by atoms with van der Waals surface area (Å²) in [6.07, 6.45) is 9.39. The van der Waals surface area contributed by atoms with E-state index in [1.165, 1.54) is 36.9 Å². The third-order valence-electron chi connectivity index (χ3n) is 5.32. The standard InChI is InChI=1S/C19H30N6O3/c1-19(2,3)25-22-17(21-24-25)16-20-18(28-23-16)14(12-15(26)27)11-7-10-13-8-5-4-6-9-13/h13-14H,4-12H2,1-3H3,(H,26,27)/t14-/m1/s1. The molecule has 28 heavy (non-hydrogen) atoms. The Balaban J connectivity index is 1.65. The molecule has 0 saturated heterocycles. The molecule has 2 aromatic rings. The van der Waals surface area contributed by atoms with Gasteiger partial charge in [0.25, 0.3) is 0 Å². The lowest BCUT2D eigenvalue weighted by atomic mass is 9.84. The third kappa shape index (κ3) is 5.36. The van der Waals surface area contributed by atoms with Crippen LogP contribution in [0.3, 0.4) is 0 Å². The van der Waals surface area contributed by atoms with Crippen molar-refractivity contribution in [2.24, 2.45) is 5.92 Å². The summed E-state index contributed by atoms with van der Waals surface area (Å²) in [5.41, 5.74) is -0.303. The maximum absolute atomic E-state index is 11.3. The summed E-state index contributed by atoms with van der Waals surface area (Å²) in [5, 5.41) is 25.6. The van der Waals surface area contributed by atoms with Crippen LogP contribution < -0.4 is 0 Å². The number of hydrogen-bond acceptors (Lipinski definition) is 7. The number of carboxylic acids is 1. The number of rotatable bonds is 8. The van der Waals surface area contributed by atoms with Crippen molar-refractivity contribution in [2.45, 2.75) is 90.0 Å². The zero-order valence-electron chi connectivity index (χ0n) is 17.0. The van der Waals surface area contributed by atoms with Crippen LogP contribution in [0.5, 0.6) is 0 Å². The molecule has 0 bridgehead atoms. The van der Waals surface area contributed by atoms with E-state index in [9.17, 15) is 9.90 Å². The van der Waals surface area contributed by atoms with Crippen molar-refractivity contribution in [3.05, 3.63) is 5.89 Å². The number of carboxylic acid groups (broad SMARTS) is 1. The van der Waals surface area contributed by atoms with Gasteiger partial charge in [-0.15, -0.1) is 10.2 Å². The Hall–Kier alpha value is -2.32. The maximum atomic E-state index is 11.3. The highest BCUT2D eigenvalue weighted by atomic mass is 16.5. The largest absolute Gasteiger partial charge is 0.481 e. The third-order valence-corrected chi connectivity index (χ3v) is 5.32. The van der Waals surface area contributed by atoms with Gasteiger partial charge < -0.3 is 9.63 Å². The summed E-state index contributed by atoms with van der Waals surface area (Å²) in [5.74, 6) is 0.482. The van der Waals surface area contributed by atoms with Crippen molar-refractivity contribution in [3.8, 4) is 11.6 Å². The first-order valence-electron chi connectivity index (χ1n) is 10.2. The van der Waals surface area contributed by atoms with Gasteiger partial charge in [0.2, 0.25) is 17.5 Å². The second kappa shape index (κ2) is 8.79. The number of aliphatic carboxylic acids is 1. The van der Waals surface area contributed by atoms with E-state index in [2.05, 4.69) is 25.6 Å². The van der Waals surface area contributed by atoms with E-state index < -0.39 is 5.97 Å². The second-order valence-corrected chi connectivity index (χ2v) is 8.76. The Labute approximate surface area is 164 Å². The van der Waals surface area contributed by atoms with Gasteiger partial charge in [0.05, 0.1) is 12.0 Å². The van der Waals surface area contributed by atoms with Gasteiger partial charge in [-0.2, -0.15) is 9.78 Å². The molecule has 0 unspecified atom stereocenters. The molecule has 0 aromatic carbocycles. The summed E-state index contributed by atoms with van der Waals surface area (Å²) in [7, 11) is 0. The molecule has 1 aliphatic rings. The molecule has 0 amide bonds. The first kappa shape index (κ1) is 20.4. The van der Waals surface area contributed by atoms with E-state index in [-0.39, 0.29) is 29.5 Å². The number of carbonyl (C=O) groups is 1. The summed E-state index contributed by atoms with van der Waals surface area (Å²) < 4.78 is 5.38. The highest BCUT2D eigenvalue weighted by Gasteiger charge is 2.25. The summed E-state index contributed by atoms with van der Waals surface area (Å²) in [6.45, 7) is 5.90. The fourth-order valence-corrected chi connectivity index (χ4v) is 3.73. The van der Waals surface area contributed by atoms with Gasteiger partial charge in [-0.25, -0.2) is 0 Å². The molecule has 154 valence electrons. The Morgan fingerprint density at radius 3 is 2.64 bits per heavy atom. The van der Waals surface area contributed by atoms with Crippen molar-refractivity contribution >= 4 is 5.97 Å². The van der Waals surface area contributed by atoms with Gasteiger partial charge in [-0.1, -0.05) is 50.1 Å². The normalized spacial score (nSPS) is 17.0. The molecule has 1 atom stereocenters. The molecule has 3 rings (SSSR count). The lowest BCUT2D eigenvalue weighted by Gasteiger charge is -2.21. The van der Waals surface area contributed by atoms with E-state index in [1.54, 1.807) is 0 Å². The highest BCUT2D eigenvalue weighted by Crippen LogP contribution is 2.31. The molecule has 0 radical (unpaired) electrons. The van der Waals surface area contributed by atoms with Crippen LogP contribution >= 0.6 is 0 Å². The van der Waals surface area contributed by atoms with Crippen molar-refractivity contribution in [1.82, 2.24) is 30.3 Å². The molecule has 0 spiro atoms. The second-order valence-electron chi connectivity index (χ2n) is 8.76. The van der Waals surface area contributed by atoms with Gasteiger partial charge >= 0.3 is 5.97 Å². The first-order valence-corrected chi connectivity index (χ1v) is 10.2. The summed E-state index contributed by atoms with van der Waals surface area (Å²) in [6, 6.07) is 0. The molecule has 9 heteroatoms. The predicted octanol–water partition coefficient (Wildman–Crippen LogP) is 3.79. The lowest BCUT2D eigenvalue weighted by Crippen LogP contribution is -2.24. The number of tetrazole rings is 1. The smallest absolute Gasteiger partial charge is 0.304 e. The van der Waals surface area contributed by atoms with Crippen molar-refractivity contribution in [3.63, 3.8) is 0 Å². The Morgan fingerprint density at radius 1 is 1.25 bits per heavy atom. The zero-order valence-corrected chi connectivity index (χ0v) is 17.0. The molecule has 0 aliphatic heterocycles. The molecule has 2 aromatic heterocycles. The topological polar surface area (TPSA) is 120 Å². The zero-order chi connectivity index (χ0) is 20.1. The van der Waals surface area contributed by atoms with E-state index in [0.717, 1.165) is 25.2 Å². The van der Waals surface area contributed by atoms with Crippen LogP contribution in [0.1, 0.15) is 90.4 Å². The number of aromatic nitrogens is 6. The van der Waals surface area contributed by atoms with Gasteiger partial charge in [0.15, 0.2) is 0 Å². The molecule has 1 aliphatic carbocycles. The van der Waals surface area contributed by atoms with Gasteiger partial charge in [0, 0.05) is 5.92 Å². The highest BCUT2D eigenvalue weighted by molar-refractivity contribution is 5.67. The first-order chi connectivity index (χ1) is 13.3. The Morgan fingerprint density at radius 2 is 2.00 bits per heavy atom. The minimum absolute atomic E-state index is 0.0194. The van der Waals surface area contributed by atoms with Crippen molar-refractivity contribution in [2.75, 3.05) is 0 Å². The minimum Gasteiger partial charge on any atom is -0.481 e. The van der Waals surface area contributed by atoms with E-state index in [0.29, 0.717) is 5.89 Å². The molecule has 1 N–H and O–H groups in total. The average Bonchev–Trinajstić information content (AvgIpc) is 3.30. The average molecular weight is 390 g/mol. The maximum Gasteiger partial charge on any atom is 0.304 e. The van der Waals surface area contributed by atoms with E-state index >= 15 is 0 Å². The van der Waals surface area contributed by atoms with Crippen LogP contribution in [0.4, 0.5) is 0 Å². The summed E-state index contributed by atoms with van der Waals surface area (Å²) >= 11 is 0. The predicted molar refractivity (Wildman–Crippen MR) is 102 cm³/mol. The number of nitrogens with zero attached hydrogens (tertiary/aromatic N) is 6. The fourth-order valence-electron chi connectivity index (χ4n) is 3.73. The van der Waals surface area contributed by atoms with Crippen LogP contribution in [-0.4, -0.2) is 41.4 Å². The van der Waals surface area contributed by atoms with Gasteiger partial charge in [0.1, 0.15) is 0 Å². The Kier molecular flexibility index (Phi) is 6.41. The molecule has 9 nitrogen and oxygen atoms in total. The van der Waals surface area contributed by atoms with Crippen molar-refractivity contribution < 1.29 is 14.4 Å². The fraction of sp³-hybridized carbons (Fsp3) is 0.789. The summed E-state index contributed by atoms with van der Waals surface area (Å²) in [4.78, 5) is 17.2. The molecule has 1 saturated carbocycles. The monoisotopic (exact) mass is 390 g/mol. The SMILES string of the molecule is CC(C)(C)n1nnc(-c2noc([C@H](CCCC3CCCCC3)CC(=O)O)n2)n1. The van der Waals surface area contributed by atoms with Gasteiger partial charge in [-0.05, 0) is 38.3 Å². The molecule has 2 heterocycles. The Bertz CT molecular complexity index is 773. The van der Waals surface area contributed by atoms with Crippen LogP contribution in [-0.2, 0) is 10.3 Å². The van der Waals surface area contributed by atoms with Crippen LogP contribution in [0, 0.1) is 5.92 Å². The van der Waals surface area contributed by atoms with Crippen LogP contribution in [0.2, 0.25) is 0 Å². The quantitative estimate of drug-likeness (QED) is 0.723. The lowest BCUT2D eigenvalue weighted by molar-refractivity contribution is -0.137. The van der Waals surface area contributed by atoms with Crippen molar-refractivity contribution in [1.29, 1.82) is 0 Å². The molecular weight excluding hydrogens is 360 g/mol. The van der Waals surface area contributed by atoms with Crippen LogP contribution in [0.15, 0.2) is 4.52 Å². The minimum atomic E-state index is -0.862. The van der Waals surface area contributed by atoms with E-state index in [4.69, 9.17) is 4.52 Å². The number of hydrogen-bond donors (Lipinski definition) is 1. The van der Waals surface area contributed by atoms with Crippen LogP contribution in [0.25, 0.3) is 11.6 Å². The molecular formula is C19H30N6O3. The van der Waals surface area contributed by atoms with E-state index in [1.807, 2.05) is 20.8 Å². The van der Waals surface area contributed by atoms with Gasteiger partial charge in [-0.3, -0.25) is 4.79 Å².